The van der Waals surface area contributed by atoms with Crippen molar-refractivity contribution in [3.63, 3.8) is 0 Å². The van der Waals surface area contributed by atoms with Crippen LogP contribution in [0.3, 0.4) is 0 Å². The highest BCUT2D eigenvalue weighted by Crippen LogP contribution is 2.41. The van der Waals surface area contributed by atoms with E-state index in [-0.39, 0.29) is 23.8 Å². The van der Waals surface area contributed by atoms with Crippen LogP contribution in [0.2, 0.25) is 10.0 Å². The fourth-order valence-electron chi connectivity index (χ4n) is 4.88. The summed E-state index contributed by atoms with van der Waals surface area (Å²) >= 11 is 12.4. The molecular weight excluding hydrogens is 445 g/mol. The molecule has 172 valence electrons. The zero-order valence-electron chi connectivity index (χ0n) is 18.7. The van der Waals surface area contributed by atoms with E-state index >= 15 is 0 Å². The number of nitrogens with one attached hydrogen (secondary N) is 1. The first-order valence-electron chi connectivity index (χ1n) is 11.2. The van der Waals surface area contributed by atoms with E-state index in [0.717, 1.165) is 50.3 Å². The third-order valence-electron chi connectivity index (χ3n) is 6.84. The van der Waals surface area contributed by atoms with Crippen LogP contribution >= 0.6 is 23.2 Å². The Kier molecular flexibility index (Phi) is 7.62. The summed E-state index contributed by atoms with van der Waals surface area (Å²) in [6, 6.07) is 14.0. The average Bonchev–Trinajstić information content (AvgIpc) is 3.23. The molecule has 1 aliphatic carbocycles. The molecule has 0 radical (unpaired) electrons. The normalized spacial score (nSPS) is 24.0. The number of carbonyl (C=O) groups is 1. The van der Waals surface area contributed by atoms with Crippen molar-refractivity contribution >= 4 is 29.1 Å². The summed E-state index contributed by atoms with van der Waals surface area (Å²) in [7, 11) is 3.78. The number of methoxy groups -OCH3 is 1. The minimum Gasteiger partial charge on any atom is -0.497 e. The Morgan fingerprint density at radius 1 is 1.06 bits per heavy atom. The number of halogens is 2. The number of hydrogen-bond acceptors (Lipinski definition) is 4. The Labute approximate surface area is 200 Å². The van der Waals surface area contributed by atoms with Gasteiger partial charge in [-0.1, -0.05) is 41.4 Å². The first kappa shape index (κ1) is 23.4. The highest BCUT2D eigenvalue weighted by atomic mass is 35.5. The number of piperazine rings is 1. The quantitative estimate of drug-likeness (QED) is 0.670. The van der Waals surface area contributed by atoms with Gasteiger partial charge < -0.3 is 19.9 Å². The molecule has 2 aromatic carbocycles. The summed E-state index contributed by atoms with van der Waals surface area (Å²) in [6.45, 7) is 4.13. The van der Waals surface area contributed by atoms with Gasteiger partial charge >= 0.3 is 0 Å². The molecule has 7 heteroatoms. The molecule has 0 spiro atoms. The third kappa shape index (κ3) is 5.40. The van der Waals surface area contributed by atoms with Crippen molar-refractivity contribution in [2.45, 2.75) is 31.3 Å². The van der Waals surface area contributed by atoms with Crippen molar-refractivity contribution in [1.82, 2.24) is 15.1 Å². The van der Waals surface area contributed by atoms with Crippen LogP contribution in [0.25, 0.3) is 0 Å². The lowest BCUT2D eigenvalue weighted by Crippen LogP contribution is -2.49. The molecule has 1 saturated carbocycles. The first-order chi connectivity index (χ1) is 15.4. The summed E-state index contributed by atoms with van der Waals surface area (Å²) in [5, 5.41) is 4.95. The topological polar surface area (TPSA) is 44.8 Å². The van der Waals surface area contributed by atoms with Crippen LogP contribution in [-0.2, 0) is 11.3 Å². The van der Waals surface area contributed by atoms with Gasteiger partial charge in [0.2, 0.25) is 5.91 Å². The molecule has 1 saturated heterocycles. The number of amides is 1. The number of hydrogen-bond donors (Lipinski definition) is 1. The predicted octanol–water partition coefficient (Wildman–Crippen LogP) is 4.43. The lowest BCUT2D eigenvalue weighted by molar-refractivity contribution is -0.137. The van der Waals surface area contributed by atoms with E-state index in [4.69, 9.17) is 27.9 Å². The lowest BCUT2D eigenvalue weighted by Gasteiger charge is -2.35. The monoisotopic (exact) mass is 475 g/mol. The average molecular weight is 476 g/mol. The van der Waals surface area contributed by atoms with E-state index < -0.39 is 0 Å². The maximum atomic E-state index is 13.5. The number of ether oxygens (including phenoxy) is 1. The molecule has 32 heavy (non-hydrogen) atoms. The number of benzene rings is 2. The highest BCUT2D eigenvalue weighted by molar-refractivity contribution is 6.35. The van der Waals surface area contributed by atoms with Crippen LogP contribution in [0.5, 0.6) is 5.75 Å². The van der Waals surface area contributed by atoms with E-state index in [1.54, 1.807) is 13.2 Å². The molecule has 2 aromatic rings. The van der Waals surface area contributed by atoms with Crippen LogP contribution < -0.4 is 10.1 Å². The summed E-state index contributed by atoms with van der Waals surface area (Å²) in [5.74, 6) is 1.28. The van der Waals surface area contributed by atoms with Crippen molar-refractivity contribution in [2.24, 2.45) is 5.92 Å². The molecule has 0 bridgehead atoms. The Balaban J connectivity index is 1.49. The summed E-state index contributed by atoms with van der Waals surface area (Å²) < 4.78 is 5.33. The third-order valence-corrected chi connectivity index (χ3v) is 7.42. The van der Waals surface area contributed by atoms with Crippen molar-refractivity contribution < 1.29 is 9.53 Å². The Morgan fingerprint density at radius 3 is 2.44 bits per heavy atom. The van der Waals surface area contributed by atoms with Gasteiger partial charge in [-0.25, -0.2) is 0 Å². The number of likely N-dealkylation sites (N-methyl/N-ethyl adjacent to an activating group) is 1. The minimum absolute atomic E-state index is 0.0232. The smallest absolute Gasteiger partial charge is 0.226 e. The number of rotatable bonds is 6. The molecule has 1 aliphatic heterocycles. The number of nitrogens with zero attached hydrogens (tertiary/aromatic N) is 2. The second-order valence-corrected chi connectivity index (χ2v) is 9.74. The molecule has 0 aromatic heterocycles. The van der Waals surface area contributed by atoms with Crippen LogP contribution in [0.4, 0.5) is 0 Å². The summed E-state index contributed by atoms with van der Waals surface area (Å²) in [5.41, 5.74) is 2.22. The van der Waals surface area contributed by atoms with Crippen LogP contribution in [0.15, 0.2) is 42.5 Å². The van der Waals surface area contributed by atoms with Gasteiger partial charge in [-0.15, -0.1) is 0 Å². The predicted molar refractivity (Wildman–Crippen MR) is 130 cm³/mol. The highest BCUT2D eigenvalue weighted by Gasteiger charge is 2.41. The SMILES string of the molecule is COc1ccc([C@H]2C[C@H](NCc3ccc(Cl)cc3Cl)C[C@@H]2C(=O)N2CCN(C)CC2)cc1. The van der Waals surface area contributed by atoms with E-state index in [1.165, 1.54) is 5.56 Å². The molecule has 1 N–H and O–H groups in total. The van der Waals surface area contributed by atoms with E-state index in [2.05, 4.69) is 34.3 Å². The van der Waals surface area contributed by atoms with Crippen LogP contribution in [-0.4, -0.2) is 62.1 Å². The zero-order valence-corrected chi connectivity index (χ0v) is 20.2. The molecule has 1 amide bonds. The van der Waals surface area contributed by atoms with Gasteiger partial charge in [0.15, 0.2) is 0 Å². The summed E-state index contributed by atoms with van der Waals surface area (Å²) in [4.78, 5) is 17.9. The summed E-state index contributed by atoms with van der Waals surface area (Å²) in [6.07, 6.45) is 1.74. The standard InChI is InChI=1S/C25H31Cl2N3O2/c1-29-9-11-30(12-10-29)25(31)23-15-20(28-16-18-3-6-19(26)13-24(18)27)14-22(23)17-4-7-21(32-2)8-5-17/h3-8,13,20,22-23,28H,9-12,14-16H2,1-2H3/t20-,22+,23-/m0/s1. The maximum Gasteiger partial charge on any atom is 0.226 e. The Bertz CT molecular complexity index is 929. The van der Waals surface area contributed by atoms with Gasteiger partial charge in [0.05, 0.1) is 7.11 Å². The van der Waals surface area contributed by atoms with E-state index in [0.29, 0.717) is 16.6 Å². The van der Waals surface area contributed by atoms with Crippen molar-refractivity contribution in [1.29, 1.82) is 0 Å². The van der Waals surface area contributed by atoms with Gasteiger partial charge in [-0.05, 0) is 61.2 Å². The second kappa shape index (κ2) is 10.4. The van der Waals surface area contributed by atoms with Crippen LogP contribution in [0, 0.1) is 5.92 Å². The molecule has 4 rings (SSSR count). The van der Waals surface area contributed by atoms with Crippen molar-refractivity contribution in [3.8, 4) is 5.75 Å². The molecule has 5 nitrogen and oxygen atoms in total. The van der Waals surface area contributed by atoms with Gasteiger partial charge in [0.1, 0.15) is 5.75 Å². The lowest BCUT2D eigenvalue weighted by atomic mass is 9.87. The fraction of sp³-hybridized carbons (Fsp3) is 0.480. The van der Waals surface area contributed by atoms with Gasteiger partial charge in [0, 0.05) is 54.7 Å². The fourth-order valence-corrected chi connectivity index (χ4v) is 5.35. The van der Waals surface area contributed by atoms with E-state index in [1.807, 2.05) is 24.3 Å². The number of carbonyl (C=O) groups excluding carboxylic acids is 1. The van der Waals surface area contributed by atoms with Crippen molar-refractivity contribution in [3.05, 3.63) is 63.6 Å². The maximum absolute atomic E-state index is 13.5. The Morgan fingerprint density at radius 2 is 1.78 bits per heavy atom. The molecule has 3 atom stereocenters. The Hall–Kier alpha value is -1.79. The van der Waals surface area contributed by atoms with E-state index in [9.17, 15) is 4.79 Å². The molecule has 2 fully saturated rings. The van der Waals surface area contributed by atoms with Crippen LogP contribution in [0.1, 0.15) is 29.9 Å². The van der Waals surface area contributed by atoms with Gasteiger partial charge in [-0.3, -0.25) is 4.79 Å². The van der Waals surface area contributed by atoms with Gasteiger partial charge in [-0.2, -0.15) is 0 Å². The first-order valence-corrected chi connectivity index (χ1v) is 12.0. The molecule has 1 heterocycles. The van der Waals surface area contributed by atoms with Gasteiger partial charge in [0.25, 0.3) is 0 Å². The molecule has 2 aliphatic rings. The molecular formula is C25H31Cl2N3O2. The zero-order chi connectivity index (χ0) is 22.7. The minimum atomic E-state index is -0.0232. The molecule has 0 unspecified atom stereocenters. The largest absolute Gasteiger partial charge is 0.497 e. The second-order valence-electron chi connectivity index (χ2n) is 8.90. The van der Waals surface area contributed by atoms with Crippen molar-refractivity contribution in [2.75, 3.05) is 40.3 Å².